The summed E-state index contributed by atoms with van der Waals surface area (Å²) in [5, 5.41) is 7.00. The molecule has 0 spiro atoms. The van der Waals surface area contributed by atoms with Crippen LogP contribution in [0.25, 0.3) is 0 Å². The Morgan fingerprint density at radius 2 is 0.857 bits per heavy atom. The molecular formula is C3H12O2W2. The van der Waals surface area contributed by atoms with Gasteiger partial charge in [-0.2, -0.15) is 0 Å². The summed E-state index contributed by atoms with van der Waals surface area (Å²) in [6.07, 6.45) is 0. The second kappa shape index (κ2) is 172. The van der Waals surface area contributed by atoms with E-state index in [1.807, 2.05) is 13.8 Å². The van der Waals surface area contributed by atoms with E-state index in [1.54, 1.807) is 0 Å². The van der Waals surface area contributed by atoms with Crippen molar-refractivity contribution in [2.45, 2.75) is 13.8 Å². The van der Waals surface area contributed by atoms with E-state index in [4.69, 9.17) is 5.11 Å². The number of aliphatic hydroxyl groups excluding tert-OH is 1. The van der Waals surface area contributed by atoms with Crippen LogP contribution in [-0.4, -0.2) is 17.7 Å². The van der Waals surface area contributed by atoms with Crippen LogP contribution in [0.4, 0.5) is 0 Å². The molecule has 2 nitrogen and oxygen atoms in total. The maximum absolute atomic E-state index is 7.00. The molecule has 0 aliphatic carbocycles. The van der Waals surface area contributed by atoms with Crippen molar-refractivity contribution in [1.82, 2.24) is 0 Å². The zero-order chi connectivity index (χ0) is 4.00. The second-order valence-electron chi connectivity index (χ2n) is 0. The minimum atomic E-state index is 0. The first-order chi connectivity index (χ1) is 2.00. The zero-order valence-electron chi connectivity index (χ0n) is 4.76. The third kappa shape index (κ3) is 122. The largest absolute Gasteiger partial charge is 0.412 e. The number of hydrogen-bond acceptors (Lipinski definition) is 1. The minimum absolute atomic E-state index is 0. The summed E-state index contributed by atoms with van der Waals surface area (Å²) in [6, 6.07) is 0. The molecule has 0 heterocycles. The Kier molecular flexibility index (Phi) is 999. The molecular weight excluding hydrogens is 436 g/mol. The predicted molar refractivity (Wildman–Crippen MR) is 23.1 cm³/mol. The normalized spacial score (nSPS) is 1.71. The van der Waals surface area contributed by atoms with Crippen LogP contribution >= 0.6 is 0 Å². The van der Waals surface area contributed by atoms with Gasteiger partial charge >= 0.3 is 0 Å². The van der Waals surface area contributed by atoms with Gasteiger partial charge in [-0.3, -0.25) is 0 Å². The van der Waals surface area contributed by atoms with Gasteiger partial charge in [-0.05, 0) is 0 Å². The molecule has 0 aromatic heterocycles. The van der Waals surface area contributed by atoms with E-state index >= 15 is 0 Å². The van der Waals surface area contributed by atoms with Crippen LogP contribution in [-0.2, 0) is 42.1 Å². The maximum Gasteiger partial charge on any atom is 0.0319 e. The smallest absolute Gasteiger partial charge is 0.0319 e. The van der Waals surface area contributed by atoms with Crippen molar-refractivity contribution in [3.05, 3.63) is 0 Å². The van der Waals surface area contributed by atoms with Crippen LogP contribution in [0, 0.1) is 0 Å². The van der Waals surface area contributed by atoms with Crippen molar-refractivity contribution in [1.29, 1.82) is 0 Å². The fourth-order valence-corrected chi connectivity index (χ4v) is 0. The van der Waals surface area contributed by atoms with Crippen LogP contribution in [0.2, 0.25) is 0 Å². The van der Waals surface area contributed by atoms with E-state index in [-0.39, 0.29) is 47.6 Å². The Morgan fingerprint density at radius 3 is 0.857 bits per heavy atom. The standard InChI is InChI=1S/C2H6.CH4O.H2O.2W/c2*1-2;;;/h1-2H3;2H,1H3;1H2;;. The van der Waals surface area contributed by atoms with E-state index in [1.165, 1.54) is 0 Å². The number of rotatable bonds is 0. The van der Waals surface area contributed by atoms with Crippen LogP contribution in [0.15, 0.2) is 0 Å². The Labute approximate surface area is 73.5 Å². The molecule has 0 amide bonds. The van der Waals surface area contributed by atoms with Crippen LogP contribution in [0.1, 0.15) is 13.8 Å². The third-order valence-corrected chi connectivity index (χ3v) is 0. The number of aliphatic hydroxyl groups is 1. The monoisotopic (exact) mass is 448 g/mol. The third-order valence-electron chi connectivity index (χ3n) is 0. The Bertz CT molecular complexity index is 10.9. The van der Waals surface area contributed by atoms with Gasteiger partial charge in [0.15, 0.2) is 0 Å². The first-order valence-corrected chi connectivity index (χ1v) is 1.45. The van der Waals surface area contributed by atoms with Gasteiger partial charge in [0.25, 0.3) is 0 Å². The first kappa shape index (κ1) is 40.6. The molecule has 0 radical (unpaired) electrons. The molecule has 0 saturated carbocycles. The van der Waals surface area contributed by atoms with Crippen molar-refractivity contribution >= 4 is 0 Å². The SMILES string of the molecule is CC.CO.O.[W].[W]. The van der Waals surface area contributed by atoms with Gasteiger partial charge in [0.2, 0.25) is 0 Å². The van der Waals surface area contributed by atoms with Gasteiger partial charge < -0.3 is 10.6 Å². The molecule has 0 fully saturated rings. The summed E-state index contributed by atoms with van der Waals surface area (Å²) in [7, 11) is 1.00. The summed E-state index contributed by atoms with van der Waals surface area (Å²) in [6.45, 7) is 4.00. The molecule has 0 aromatic carbocycles. The van der Waals surface area contributed by atoms with Crippen LogP contribution in [0.3, 0.4) is 0 Å². The molecule has 7 heavy (non-hydrogen) atoms. The van der Waals surface area contributed by atoms with Crippen molar-refractivity contribution in [2.75, 3.05) is 7.11 Å². The quantitative estimate of drug-likeness (QED) is 0.550. The molecule has 4 heteroatoms. The van der Waals surface area contributed by atoms with Gasteiger partial charge in [-0.15, -0.1) is 0 Å². The van der Waals surface area contributed by atoms with E-state index < -0.39 is 0 Å². The van der Waals surface area contributed by atoms with E-state index in [9.17, 15) is 0 Å². The van der Waals surface area contributed by atoms with E-state index in [0.717, 1.165) is 7.11 Å². The molecule has 0 aromatic rings. The molecule has 0 aliphatic heterocycles. The average molecular weight is 448 g/mol. The summed E-state index contributed by atoms with van der Waals surface area (Å²) in [5.74, 6) is 0. The predicted octanol–water partition coefficient (Wildman–Crippen LogP) is -0.195. The van der Waals surface area contributed by atoms with Crippen molar-refractivity contribution in [2.24, 2.45) is 0 Å². The molecule has 0 unspecified atom stereocenters. The molecule has 48 valence electrons. The Hall–Kier alpha value is 1.30. The summed E-state index contributed by atoms with van der Waals surface area (Å²) in [5.41, 5.74) is 0. The fourth-order valence-electron chi connectivity index (χ4n) is 0. The molecule has 3 N–H and O–H groups in total. The van der Waals surface area contributed by atoms with Crippen molar-refractivity contribution in [3.8, 4) is 0 Å². The second-order valence-corrected chi connectivity index (χ2v) is 0. The Balaban J connectivity index is -0.00000000267. The topological polar surface area (TPSA) is 51.7 Å². The van der Waals surface area contributed by atoms with Gasteiger partial charge in [0.1, 0.15) is 0 Å². The van der Waals surface area contributed by atoms with E-state index in [0.29, 0.717) is 0 Å². The minimum Gasteiger partial charge on any atom is -0.412 e. The molecule has 0 saturated heterocycles. The summed E-state index contributed by atoms with van der Waals surface area (Å²) >= 11 is 0. The average Bonchev–Trinajstić information content (AvgIpc) is 1.50. The fraction of sp³-hybridized carbons (Fsp3) is 1.00. The molecule has 0 atom stereocenters. The van der Waals surface area contributed by atoms with Gasteiger partial charge in [-0.1, -0.05) is 13.8 Å². The van der Waals surface area contributed by atoms with Gasteiger partial charge in [0.05, 0.1) is 0 Å². The maximum atomic E-state index is 7.00. The number of hydrogen-bond donors (Lipinski definition) is 1. The van der Waals surface area contributed by atoms with E-state index in [2.05, 4.69) is 0 Å². The summed E-state index contributed by atoms with van der Waals surface area (Å²) in [4.78, 5) is 0. The van der Waals surface area contributed by atoms with Crippen LogP contribution < -0.4 is 0 Å². The Morgan fingerprint density at radius 1 is 0.857 bits per heavy atom. The first-order valence-electron chi connectivity index (χ1n) is 1.45. The van der Waals surface area contributed by atoms with Crippen molar-refractivity contribution < 1.29 is 52.7 Å². The van der Waals surface area contributed by atoms with Crippen molar-refractivity contribution in [3.63, 3.8) is 0 Å². The zero-order valence-corrected chi connectivity index (χ0v) is 10.6. The van der Waals surface area contributed by atoms with Gasteiger partial charge in [-0.25, -0.2) is 0 Å². The molecule has 0 aliphatic rings. The van der Waals surface area contributed by atoms with Crippen LogP contribution in [0.5, 0.6) is 0 Å². The molecule has 0 rings (SSSR count). The molecule has 0 bridgehead atoms. The van der Waals surface area contributed by atoms with Gasteiger partial charge in [0, 0.05) is 49.2 Å². The summed E-state index contributed by atoms with van der Waals surface area (Å²) < 4.78 is 0.